The van der Waals surface area contributed by atoms with Gasteiger partial charge in [0, 0.05) is 12.5 Å². The van der Waals surface area contributed by atoms with Crippen molar-refractivity contribution in [2.45, 2.75) is 50.3 Å². The van der Waals surface area contributed by atoms with Crippen molar-refractivity contribution in [2.75, 3.05) is 0 Å². The standard InChI is InChI=1S/C9H14N2O2/c1-9(2)12-7-5(10)4-6(11-3)8(7)13-9/h5-8H,4,10H2,1-2H3/t5-,6+,7+,8-/m1/s1. The van der Waals surface area contributed by atoms with Crippen molar-refractivity contribution in [1.29, 1.82) is 0 Å². The largest absolute Gasteiger partial charge is 0.343 e. The molecule has 2 aliphatic rings. The van der Waals surface area contributed by atoms with Crippen LogP contribution >= 0.6 is 0 Å². The maximum absolute atomic E-state index is 7.00. The third-order valence-corrected chi connectivity index (χ3v) is 2.64. The normalized spacial score (nSPS) is 47.2. The van der Waals surface area contributed by atoms with Crippen LogP contribution in [0, 0.1) is 6.57 Å². The van der Waals surface area contributed by atoms with Gasteiger partial charge in [-0.1, -0.05) is 0 Å². The van der Waals surface area contributed by atoms with Crippen molar-refractivity contribution >= 4 is 0 Å². The lowest BCUT2D eigenvalue weighted by atomic mass is 10.2. The van der Waals surface area contributed by atoms with E-state index in [1.807, 2.05) is 13.8 Å². The smallest absolute Gasteiger partial charge is 0.253 e. The van der Waals surface area contributed by atoms with Gasteiger partial charge < -0.3 is 20.1 Å². The van der Waals surface area contributed by atoms with E-state index in [9.17, 15) is 0 Å². The van der Waals surface area contributed by atoms with E-state index in [0.717, 1.165) is 0 Å². The lowest BCUT2D eigenvalue weighted by Gasteiger charge is -2.19. The number of rotatable bonds is 0. The third kappa shape index (κ3) is 1.33. The van der Waals surface area contributed by atoms with Crippen LogP contribution in [0.5, 0.6) is 0 Å². The topological polar surface area (TPSA) is 48.8 Å². The molecule has 4 heteroatoms. The summed E-state index contributed by atoms with van der Waals surface area (Å²) in [4.78, 5) is 3.51. The molecule has 0 amide bonds. The molecule has 0 aromatic rings. The average molecular weight is 182 g/mol. The fourth-order valence-corrected chi connectivity index (χ4v) is 2.12. The summed E-state index contributed by atoms with van der Waals surface area (Å²) in [5.74, 6) is -0.573. The van der Waals surface area contributed by atoms with Crippen molar-refractivity contribution in [1.82, 2.24) is 0 Å². The Hall–Kier alpha value is -0.630. The molecule has 2 N–H and O–H groups in total. The number of hydrogen-bond acceptors (Lipinski definition) is 3. The van der Waals surface area contributed by atoms with Crippen LogP contribution < -0.4 is 5.73 Å². The van der Waals surface area contributed by atoms with Crippen molar-refractivity contribution < 1.29 is 9.47 Å². The van der Waals surface area contributed by atoms with Crippen molar-refractivity contribution in [3.8, 4) is 0 Å². The van der Waals surface area contributed by atoms with Gasteiger partial charge in [0.2, 0.25) is 0 Å². The number of fused-ring (bicyclic) bond motifs is 1. The minimum atomic E-state index is -0.573. The first-order valence-electron chi connectivity index (χ1n) is 4.51. The van der Waals surface area contributed by atoms with Gasteiger partial charge >= 0.3 is 0 Å². The third-order valence-electron chi connectivity index (χ3n) is 2.64. The molecule has 1 aliphatic carbocycles. The highest BCUT2D eigenvalue weighted by Gasteiger charge is 2.56. The fourth-order valence-electron chi connectivity index (χ4n) is 2.12. The Bertz CT molecular complexity index is 259. The van der Waals surface area contributed by atoms with Crippen molar-refractivity contribution in [3.05, 3.63) is 11.4 Å². The molecular formula is C9H14N2O2. The number of nitrogens with zero attached hydrogens (tertiary/aromatic N) is 1. The molecule has 4 nitrogen and oxygen atoms in total. The van der Waals surface area contributed by atoms with Gasteiger partial charge in [-0.15, -0.1) is 0 Å². The van der Waals surface area contributed by atoms with E-state index >= 15 is 0 Å². The van der Waals surface area contributed by atoms with Crippen LogP contribution in [0.2, 0.25) is 0 Å². The zero-order valence-electron chi connectivity index (χ0n) is 7.86. The molecule has 1 heterocycles. The van der Waals surface area contributed by atoms with Crippen LogP contribution in [-0.4, -0.2) is 30.1 Å². The molecule has 1 saturated heterocycles. The molecule has 2 rings (SSSR count). The van der Waals surface area contributed by atoms with Gasteiger partial charge in [-0.3, -0.25) is 0 Å². The SMILES string of the molecule is [C-]#[N+][C@H]1C[C@@H](N)[C@@H]2OC(C)(C)O[C@@H]21. The highest BCUT2D eigenvalue weighted by Crippen LogP contribution is 2.38. The second-order valence-corrected chi connectivity index (χ2v) is 4.16. The van der Waals surface area contributed by atoms with Gasteiger partial charge in [0.1, 0.15) is 6.10 Å². The molecule has 0 spiro atoms. The Kier molecular flexibility index (Phi) is 1.84. The van der Waals surface area contributed by atoms with Crippen molar-refractivity contribution in [3.63, 3.8) is 0 Å². The van der Waals surface area contributed by atoms with Crippen LogP contribution in [-0.2, 0) is 9.47 Å². The van der Waals surface area contributed by atoms with Crippen molar-refractivity contribution in [2.24, 2.45) is 5.73 Å². The number of nitrogens with two attached hydrogens (primary N) is 1. The Balaban J connectivity index is 2.18. The van der Waals surface area contributed by atoms with E-state index in [0.29, 0.717) is 6.42 Å². The second-order valence-electron chi connectivity index (χ2n) is 4.16. The summed E-state index contributed by atoms with van der Waals surface area (Å²) in [6.07, 6.45) is 0.478. The minimum Gasteiger partial charge on any atom is -0.343 e. The van der Waals surface area contributed by atoms with E-state index in [1.165, 1.54) is 0 Å². The minimum absolute atomic E-state index is 0.0501. The van der Waals surface area contributed by atoms with Gasteiger partial charge in [-0.25, -0.2) is 6.57 Å². The van der Waals surface area contributed by atoms with E-state index in [1.54, 1.807) is 0 Å². The van der Waals surface area contributed by atoms with Crippen LogP contribution in [0.15, 0.2) is 0 Å². The van der Waals surface area contributed by atoms with Gasteiger partial charge in [0.15, 0.2) is 11.9 Å². The monoisotopic (exact) mass is 182 g/mol. The van der Waals surface area contributed by atoms with E-state index in [2.05, 4.69) is 4.85 Å². The molecule has 0 aromatic heterocycles. The second kappa shape index (κ2) is 2.68. The summed E-state index contributed by atoms with van der Waals surface area (Å²) >= 11 is 0. The van der Waals surface area contributed by atoms with Gasteiger partial charge in [0.05, 0.1) is 0 Å². The Labute approximate surface area is 77.8 Å². The fraction of sp³-hybridized carbons (Fsp3) is 0.889. The summed E-state index contributed by atoms with van der Waals surface area (Å²) in [5, 5.41) is 0. The maximum Gasteiger partial charge on any atom is 0.253 e. The molecule has 0 unspecified atom stereocenters. The Morgan fingerprint density at radius 2 is 2.00 bits per heavy atom. The summed E-state index contributed by atoms with van der Waals surface area (Å²) in [6, 6.07) is -0.173. The van der Waals surface area contributed by atoms with E-state index in [4.69, 9.17) is 21.8 Å². The summed E-state index contributed by atoms with van der Waals surface area (Å²) in [6.45, 7) is 10.7. The Morgan fingerprint density at radius 1 is 1.38 bits per heavy atom. The lowest BCUT2D eigenvalue weighted by molar-refractivity contribution is -0.153. The quantitative estimate of drug-likeness (QED) is 0.556. The summed E-state index contributed by atoms with van der Waals surface area (Å²) in [7, 11) is 0. The molecule has 0 aromatic carbocycles. The molecule has 72 valence electrons. The first-order valence-corrected chi connectivity index (χ1v) is 4.51. The number of hydrogen-bond donors (Lipinski definition) is 1. The number of ether oxygens (including phenoxy) is 2. The maximum atomic E-state index is 7.00. The molecule has 2 fully saturated rings. The molecular weight excluding hydrogens is 168 g/mol. The summed E-state index contributed by atoms with van der Waals surface area (Å²) in [5.41, 5.74) is 5.86. The Morgan fingerprint density at radius 3 is 2.62 bits per heavy atom. The predicted molar refractivity (Wildman–Crippen MR) is 46.8 cm³/mol. The predicted octanol–water partition coefficient (Wildman–Crippen LogP) is 0.525. The zero-order valence-corrected chi connectivity index (χ0v) is 7.86. The van der Waals surface area contributed by atoms with Crippen LogP contribution in [0.3, 0.4) is 0 Å². The van der Waals surface area contributed by atoms with Crippen LogP contribution in [0.25, 0.3) is 4.85 Å². The summed E-state index contributed by atoms with van der Waals surface area (Å²) < 4.78 is 11.3. The van der Waals surface area contributed by atoms with E-state index < -0.39 is 5.79 Å². The first kappa shape index (κ1) is 8.95. The van der Waals surface area contributed by atoms with Gasteiger partial charge in [-0.05, 0) is 13.8 Å². The van der Waals surface area contributed by atoms with Crippen LogP contribution in [0.4, 0.5) is 0 Å². The molecule has 1 aliphatic heterocycles. The molecule has 13 heavy (non-hydrogen) atoms. The molecule has 4 atom stereocenters. The molecule has 0 radical (unpaired) electrons. The lowest BCUT2D eigenvalue weighted by Crippen LogP contribution is -2.34. The molecule has 1 saturated carbocycles. The zero-order chi connectivity index (χ0) is 9.64. The average Bonchev–Trinajstić information content (AvgIpc) is 2.47. The van der Waals surface area contributed by atoms with Gasteiger partial charge in [0.25, 0.3) is 6.04 Å². The van der Waals surface area contributed by atoms with Gasteiger partial charge in [-0.2, -0.15) is 0 Å². The van der Waals surface area contributed by atoms with Crippen LogP contribution in [0.1, 0.15) is 20.3 Å². The van der Waals surface area contributed by atoms with E-state index in [-0.39, 0.29) is 24.3 Å². The molecule has 0 bridgehead atoms. The highest BCUT2D eigenvalue weighted by molar-refractivity contribution is 5.07. The first-order chi connectivity index (χ1) is 6.03. The highest BCUT2D eigenvalue weighted by atomic mass is 16.8.